The number of carbonyl (C=O) groups excluding carboxylic acids is 1. The van der Waals surface area contributed by atoms with Crippen LogP contribution in [0.25, 0.3) is 32.8 Å². The summed E-state index contributed by atoms with van der Waals surface area (Å²) < 4.78 is 0. The van der Waals surface area contributed by atoms with Crippen molar-refractivity contribution in [1.82, 2.24) is 9.97 Å². The van der Waals surface area contributed by atoms with E-state index in [1.807, 2.05) is 78.9 Å². The molecular weight excluding hydrogens is 395 g/mol. The van der Waals surface area contributed by atoms with Crippen LogP contribution >= 0.6 is 0 Å². The largest absolute Gasteiger partial charge is 1.00 e. The Morgan fingerprint density at radius 2 is 1.32 bits per heavy atom. The standard InChI is InChI=1S/C14H10N2O.C12H10O.Na/c17-14-15-8-7-13(16-14)12-6-5-10-3-1-2-4-11(10)9-12;1-9(13)11-7-6-10-4-2-3-5-12(10)8-11;/h1-9H,(H,15,16,17);2-8H,1H3;/q;;+1/p-1. The number of nitrogens with zero attached hydrogens (tertiary/aromatic N) is 2. The van der Waals surface area contributed by atoms with Gasteiger partial charge in [-0.15, -0.1) is 0 Å². The number of carbonyl (C=O) groups is 1. The van der Waals surface area contributed by atoms with Crippen molar-refractivity contribution in [3.63, 3.8) is 0 Å². The summed E-state index contributed by atoms with van der Waals surface area (Å²) in [5.74, 6) is 0.116. The second-order valence-electron chi connectivity index (χ2n) is 6.90. The fourth-order valence-corrected chi connectivity index (χ4v) is 3.26. The SMILES string of the molecule is CC(=O)c1ccc2ccccc2c1.[Na+].[O-]c1nccc(-c2ccc3ccccc3c2)n1. The van der Waals surface area contributed by atoms with E-state index >= 15 is 0 Å². The van der Waals surface area contributed by atoms with Crippen LogP contribution in [0.1, 0.15) is 17.3 Å². The number of ketones is 1. The minimum atomic E-state index is -0.448. The minimum absolute atomic E-state index is 0. The molecule has 0 aliphatic carbocycles. The van der Waals surface area contributed by atoms with Gasteiger partial charge in [-0.1, -0.05) is 72.8 Å². The second-order valence-corrected chi connectivity index (χ2v) is 6.90. The summed E-state index contributed by atoms with van der Waals surface area (Å²) in [6, 6.07) is 29.2. The quantitative estimate of drug-likeness (QED) is 0.329. The molecule has 0 amide bonds. The Morgan fingerprint density at radius 3 is 1.94 bits per heavy atom. The van der Waals surface area contributed by atoms with Crippen molar-refractivity contribution in [2.24, 2.45) is 0 Å². The molecular formula is C26H19N2NaO2. The van der Waals surface area contributed by atoms with Gasteiger partial charge in [0.1, 0.15) is 0 Å². The van der Waals surface area contributed by atoms with Crippen molar-refractivity contribution < 1.29 is 39.5 Å². The van der Waals surface area contributed by atoms with Gasteiger partial charge in [-0.2, -0.15) is 0 Å². The van der Waals surface area contributed by atoms with Crippen LogP contribution in [0.15, 0.2) is 97.2 Å². The molecule has 31 heavy (non-hydrogen) atoms. The first-order valence-electron chi connectivity index (χ1n) is 9.59. The van der Waals surface area contributed by atoms with Crippen LogP contribution in [0.2, 0.25) is 0 Å². The van der Waals surface area contributed by atoms with E-state index in [1.165, 1.54) is 17.0 Å². The van der Waals surface area contributed by atoms with E-state index in [0.29, 0.717) is 5.69 Å². The fraction of sp³-hybridized carbons (Fsp3) is 0.0385. The van der Waals surface area contributed by atoms with Gasteiger partial charge in [0.25, 0.3) is 0 Å². The van der Waals surface area contributed by atoms with E-state index in [9.17, 15) is 9.90 Å². The predicted octanol–water partition coefficient (Wildman–Crippen LogP) is 2.42. The smallest absolute Gasteiger partial charge is 0.844 e. The normalized spacial score (nSPS) is 10.1. The van der Waals surface area contributed by atoms with E-state index in [4.69, 9.17) is 0 Å². The van der Waals surface area contributed by atoms with Gasteiger partial charge in [0, 0.05) is 17.3 Å². The van der Waals surface area contributed by atoms with Gasteiger partial charge in [0.05, 0.1) is 11.7 Å². The van der Waals surface area contributed by atoms with Crippen molar-refractivity contribution in [3.8, 4) is 17.3 Å². The van der Waals surface area contributed by atoms with Gasteiger partial charge in [-0.25, -0.2) is 4.98 Å². The molecule has 5 rings (SSSR count). The van der Waals surface area contributed by atoms with Crippen molar-refractivity contribution in [1.29, 1.82) is 0 Å². The Kier molecular flexibility index (Phi) is 7.53. The van der Waals surface area contributed by atoms with Crippen LogP contribution in [0.3, 0.4) is 0 Å². The zero-order valence-electron chi connectivity index (χ0n) is 17.4. The minimum Gasteiger partial charge on any atom is -0.844 e. The summed E-state index contributed by atoms with van der Waals surface area (Å²) in [6.45, 7) is 1.59. The van der Waals surface area contributed by atoms with Crippen molar-refractivity contribution in [2.45, 2.75) is 6.92 Å². The number of fused-ring (bicyclic) bond motifs is 2. The molecule has 4 aromatic carbocycles. The summed E-state index contributed by atoms with van der Waals surface area (Å²) in [5.41, 5.74) is 2.37. The van der Waals surface area contributed by atoms with Gasteiger partial charge in [0.15, 0.2) is 5.78 Å². The first kappa shape index (κ1) is 22.6. The Bertz CT molecular complexity index is 1350. The molecule has 5 heteroatoms. The molecule has 0 bridgehead atoms. The average Bonchev–Trinajstić information content (AvgIpc) is 2.79. The van der Waals surface area contributed by atoms with Gasteiger partial charge in [-0.3, -0.25) is 9.78 Å². The second kappa shape index (κ2) is 10.3. The number of Topliss-reactive ketones (excluding diaryl/α,β-unsaturated/α-hetero) is 1. The molecule has 0 N–H and O–H groups in total. The Hall–Kier alpha value is -3.05. The van der Waals surface area contributed by atoms with Crippen molar-refractivity contribution in [3.05, 3.63) is 103 Å². The summed E-state index contributed by atoms with van der Waals surface area (Å²) >= 11 is 0. The van der Waals surface area contributed by atoms with Crippen LogP contribution in [-0.2, 0) is 0 Å². The molecule has 0 atom stereocenters. The molecule has 0 saturated heterocycles. The first-order valence-corrected chi connectivity index (χ1v) is 9.59. The first-order chi connectivity index (χ1) is 14.6. The molecule has 0 spiro atoms. The number of hydrogen-bond acceptors (Lipinski definition) is 4. The summed E-state index contributed by atoms with van der Waals surface area (Å²) in [4.78, 5) is 18.5. The molecule has 0 aliphatic heterocycles. The van der Waals surface area contributed by atoms with E-state index in [-0.39, 0.29) is 35.3 Å². The fourth-order valence-electron chi connectivity index (χ4n) is 3.26. The Labute approximate surface area is 202 Å². The van der Waals surface area contributed by atoms with Crippen LogP contribution in [0, 0.1) is 0 Å². The molecule has 0 fully saturated rings. The van der Waals surface area contributed by atoms with Crippen molar-refractivity contribution >= 4 is 27.3 Å². The van der Waals surface area contributed by atoms with Crippen LogP contribution in [0.4, 0.5) is 0 Å². The molecule has 0 unspecified atom stereocenters. The number of rotatable bonds is 2. The number of hydrogen-bond donors (Lipinski definition) is 0. The maximum Gasteiger partial charge on any atom is 1.00 e. The maximum absolute atomic E-state index is 11.1. The van der Waals surface area contributed by atoms with Crippen LogP contribution < -0.4 is 34.7 Å². The predicted molar refractivity (Wildman–Crippen MR) is 118 cm³/mol. The zero-order chi connectivity index (χ0) is 20.9. The van der Waals surface area contributed by atoms with Gasteiger partial charge in [0.2, 0.25) is 0 Å². The summed E-state index contributed by atoms with van der Waals surface area (Å²) in [7, 11) is 0. The zero-order valence-corrected chi connectivity index (χ0v) is 19.4. The van der Waals surface area contributed by atoms with Gasteiger partial charge < -0.3 is 5.11 Å². The maximum atomic E-state index is 11.1. The molecule has 1 heterocycles. The van der Waals surface area contributed by atoms with E-state index in [0.717, 1.165) is 21.9 Å². The number of aromatic nitrogens is 2. The van der Waals surface area contributed by atoms with Crippen LogP contribution in [0.5, 0.6) is 6.01 Å². The third kappa shape index (κ3) is 5.56. The molecule has 0 aliphatic rings. The molecule has 0 saturated carbocycles. The van der Waals surface area contributed by atoms with Gasteiger partial charge in [-0.05, 0) is 46.7 Å². The monoisotopic (exact) mass is 414 g/mol. The molecule has 4 nitrogen and oxygen atoms in total. The third-order valence-electron chi connectivity index (χ3n) is 4.83. The Morgan fingerprint density at radius 1 is 0.742 bits per heavy atom. The molecule has 1 aromatic heterocycles. The third-order valence-corrected chi connectivity index (χ3v) is 4.83. The van der Waals surface area contributed by atoms with E-state index in [2.05, 4.69) is 16.0 Å². The molecule has 5 aromatic rings. The van der Waals surface area contributed by atoms with E-state index in [1.54, 1.807) is 13.0 Å². The topological polar surface area (TPSA) is 65.9 Å². The molecule has 146 valence electrons. The van der Waals surface area contributed by atoms with Gasteiger partial charge >= 0.3 is 29.6 Å². The Balaban J connectivity index is 0.000000176. The van der Waals surface area contributed by atoms with Crippen LogP contribution in [-0.4, -0.2) is 15.8 Å². The summed E-state index contributed by atoms with van der Waals surface area (Å²) in [6.07, 6.45) is 1.49. The average molecular weight is 414 g/mol. The van der Waals surface area contributed by atoms with E-state index < -0.39 is 6.01 Å². The molecule has 0 radical (unpaired) electrons. The number of benzene rings is 4. The summed E-state index contributed by atoms with van der Waals surface area (Å²) in [5, 5.41) is 15.7. The van der Waals surface area contributed by atoms with Crippen molar-refractivity contribution in [2.75, 3.05) is 0 Å².